The number of benzene rings is 1. The zero-order valence-corrected chi connectivity index (χ0v) is 12.8. The molecule has 0 fully saturated rings. The molecule has 3 nitrogen and oxygen atoms in total. The van der Waals surface area contributed by atoms with Gasteiger partial charge in [0.25, 0.3) is 0 Å². The van der Waals surface area contributed by atoms with Gasteiger partial charge in [-0.3, -0.25) is 4.79 Å². The van der Waals surface area contributed by atoms with E-state index in [0.29, 0.717) is 0 Å². The Hall–Kier alpha value is -1.00. The minimum absolute atomic E-state index is 0.0685. The van der Waals surface area contributed by atoms with Gasteiger partial charge in [0.05, 0.1) is 11.4 Å². The number of amides is 1. The molecule has 0 aromatic heterocycles. The third kappa shape index (κ3) is 5.25. The Kier molecular flexibility index (Phi) is 6.38. The average Bonchev–Trinajstić information content (AvgIpc) is 2.38. The molecule has 106 valence electrons. The molecule has 1 aromatic carbocycles. The van der Waals surface area contributed by atoms with Gasteiger partial charge < -0.3 is 10.4 Å². The maximum Gasteiger partial charge on any atom is 0.233 e. The van der Waals surface area contributed by atoms with Gasteiger partial charge in [0, 0.05) is 10.9 Å². The third-order valence-corrected chi connectivity index (χ3v) is 4.16. The van der Waals surface area contributed by atoms with E-state index in [1.165, 1.54) is 11.8 Å². The first kappa shape index (κ1) is 16.1. The number of rotatable bonds is 6. The van der Waals surface area contributed by atoms with Crippen LogP contribution in [0.25, 0.3) is 0 Å². The molecule has 19 heavy (non-hydrogen) atoms. The van der Waals surface area contributed by atoms with E-state index in [-0.39, 0.29) is 17.2 Å². The molecule has 1 rings (SSSR count). The first-order valence-corrected chi connectivity index (χ1v) is 7.57. The summed E-state index contributed by atoms with van der Waals surface area (Å²) in [5.74, 6) is 0.0685. The fourth-order valence-electron chi connectivity index (χ4n) is 1.54. The predicted molar refractivity (Wildman–Crippen MR) is 80.3 cm³/mol. The molecule has 3 atom stereocenters. The van der Waals surface area contributed by atoms with Crippen molar-refractivity contribution in [1.82, 2.24) is 5.32 Å². The van der Waals surface area contributed by atoms with Crippen LogP contribution in [-0.2, 0) is 4.79 Å². The van der Waals surface area contributed by atoms with Gasteiger partial charge in [0.15, 0.2) is 0 Å². The number of thioether (sulfide) groups is 1. The van der Waals surface area contributed by atoms with Gasteiger partial charge in [-0.05, 0) is 44.9 Å². The van der Waals surface area contributed by atoms with Crippen molar-refractivity contribution >= 4 is 17.7 Å². The first-order chi connectivity index (χ1) is 8.93. The summed E-state index contributed by atoms with van der Waals surface area (Å²) < 4.78 is 0. The van der Waals surface area contributed by atoms with Gasteiger partial charge in [-0.1, -0.05) is 19.1 Å². The van der Waals surface area contributed by atoms with Crippen LogP contribution in [-0.4, -0.2) is 22.3 Å². The maximum absolute atomic E-state index is 11.9. The lowest BCUT2D eigenvalue weighted by atomic mass is 10.1. The van der Waals surface area contributed by atoms with E-state index in [2.05, 4.69) is 12.2 Å². The lowest BCUT2D eigenvalue weighted by Crippen LogP contribution is -2.37. The molecule has 1 amide bonds. The van der Waals surface area contributed by atoms with Crippen LogP contribution in [0.1, 0.15) is 45.8 Å². The molecule has 0 spiro atoms. The summed E-state index contributed by atoms with van der Waals surface area (Å²) in [5, 5.41) is 12.3. The van der Waals surface area contributed by atoms with Crippen LogP contribution in [0.15, 0.2) is 29.2 Å². The average molecular weight is 281 g/mol. The topological polar surface area (TPSA) is 49.3 Å². The van der Waals surface area contributed by atoms with Crippen molar-refractivity contribution in [2.75, 3.05) is 0 Å². The summed E-state index contributed by atoms with van der Waals surface area (Å²) in [5.41, 5.74) is 0.890. The molecule has 3 unspecified atom stereocenters. The summed E-state index contributed by atoms with van der Waals surface area (Å²) in [7, 11) is 0. The zero-order valence-electron chi connectivity index (χ0n) is 12.0. The van der Waals surface area contributed by atoms with E-state index in [4.69, 9.17) is 0 Å². The maximum atomic E-state index is 11.9. The van der Waals surface area contributed by atoms with E-state index in [9.17, 15) is 9.90 Å². The van der Waals surface area contributed by atoms with Gasteiger partial charge in [-0.25, -0.2) is 0 Å². The van der Waals surface area contributed by atoms with Crippen LogP contribution >= 0.6 is 11.8 Å². The highest BCUT2D eigenvalue weighted by atomic mass is 32.2. The Labute approximate surface area is 119 Å². The Bertz CT molecular complexity index is 403. The molecule has 4 heteroatoms. The van der Waals surface area contributed by atoms with Crippen LogP contribution in [0.5, 0.6) is 0 Å². The Morgan fingerprint density at radius 3 is 2.32 bits per heavy atom. The molecule has 2 N–H and O–H groups in total. The predicted octanol–water partition coefficient (Wildman–Crippen LogP) is 3.14. The third-order valence-electron chi connectivity index (χ3n) is 3.05. The van der Waals surface area contributed by atoms with Crippen molar-refractivity contribution in [1.29, 1.82) is 0 Å². The molecule has 0 radical (unpaired) electrons. The van der Waals surface area contributed by atoms with Crippen molar-refractivity contribution < 1.29 is 9.90 Å². The number of aliphatic hydroxyl groups is 1. The summed E-state index contributed by atoms with van der Waals surface area (Å²) in [4.78, 5) is 13.0. The van der Waals surface area contributed by atoms with E-state index in [1.54, 1.807) is 6.92 Å². The van der Waals surface area contributed by atoms with E-state index in [0.717, 1.165) is 16.9 Å². The molecule has 0 aliphatic heterocycles. The lowest BCUT2D eigenvalue weighted by Gasteiger charge is -2.16. The van der Waals surface area contributed by atoms with Gasteiger partial charge in [-0.2, -0.15) is 0 Å². The van der Waals surface area contributed by atoms with Crippen LogP contribution in [0.2, 0.25) is 0 Å². The summed E-state index contributed by atoms with van der Waals surface area (Å²) in [6, 6.07) is 7.89. The molecular formula is C15H23NO2S. The highest BCUT2D eigenvalue weighted by Crippen LogP contribution is 2.25. The van der Waals surface area contributed by atoms with Crippen LogP contribution < -0.4 is 5.32 Å². The molecule has 0 aliphatic carbocycles. The molecule has 0 saturated carbocycles. The summed E-state index contributed by atoms with van der Waals surface area (Å²) in [6.45, 7) is 7.71. The van der Waals surface area contributed by atoms with Crippen LogP contribution in [0.4, 0.5) is 0 Å². The van der Waals surface area contributed by atoms with Gasteiger partial charge >= 0.3 is 0 Å². The summed E-state index contributed by atoms with van der Waals surface area (Å²) >= 11 is 1.53. The quantitative estimate of drug-likeness (QED) is 0.788. The molecule has 0 bridgehead atoms. The Balaban J connectivity index is 2.56. The highest BCUT2D eigenvalue weighted by Gasteiger charge is 2.15. The molecule has 0 saturated heterocycles. The largest absolute Gasteiger partial charge is 0.389 e. The van der Waals surface area contributed by atoms with Crippen LogP contribution in [0.3, 0.4) is 0 Å². The van der Waals surface area contributed by atoms with Gasteiger partial charge in [-0.15, -0.1) is 11.8 Å². The van der Waals surface area contributed by atoms with E-state index >= 15 is 0 Å². The normalized spacial score (nSPS) is 15.6. The van der Waals surface area contributed by atoms with Gasteiger partial charge in [0.1, 0.15) is 0 Å². The fourth-order valence-corrected chi connectivity index (χ4v) is 2.42. The van der Waals surface area contributed by atoms with Crippen molar-refractivity contribution in [3.05, 3.63) is 29.8 Å². The van der Waals surface area contributed by atoms with E-state index < -0.39 is 6.10 Å². The smallest absolute Gasteiger partial charge is 0.233 e. The minimum atomic E-state index is -0.454. The highest BCUT2D eigenvalue weighted by molar-refractivity contribution is 8.00. The van der Waals surface area contributed by atoms with E-state index in [1.807, 2.05) is 38.1 Å². The zero-order chi connectivity index (χ0) is 14.4. The number of carbonyl (C=O) groups excluding carboxylic acids is 1. The lowest BCUT2D eigenvalue weighted by molar-refractivity contribution is -0.120. The first-order valence-electron chi connectivity index (χ1n) is 6.69. The molecule has 0 heterocycles. The van der Waals surface area contributed by atoms with Crippen molar-refractivity contribution in [2.24, 2.45) is 0 Å². The van der Waals surface area contributed by atoms with Crippen molar-refractivity contribution in [2.45, 2.75) is 56.4 Å². The minimum Gasteiger partial charge on any atom is -0.389 e. The van der Waals surface area contributed by atoms with Gasteiger partial charge in [0.2, 0.25) is 5.91 Å². The molecule has 0 aliphatic rings. The number of nitrogens with one attached hydrogen (secondary N) is 1. The standard InChI is InChI=1S/C15H23NO2S/c1-5-10(2)16-15(18)12(4)19-14-8-6-13(7-9-14)11(3)17/h6-12,17H,5H2,1-4H3,(H,16,18). The Morgan fingerprint density at radius 2 is 1.84 bits per heavy atom. The second-order valence-electron chi connectivity index (χ2n) is 4.82. The number of hydrogen-bond donors (Lipinski definition) is 2. The summed E-state index contributed by atoms with van der Waals surface area (Å²) in [6.07, 6.45) is 0.483. The fraction of sp³-hybridized carbons (Fsp3) is 0.533. The van der Waals surface area contributed by atoms with Crippen molar-refractivity contribution in [3.8, 4) is 0 Å². The second kappa shape index (κ2) is 7.56. The molecular weight excluding hydrogens is 258 g/mol. The number of hydrogen-bond acceptors (Lipinski definition) is 3. The SMILES string of the molecule is CCC(C)NC(=O)C(C)Sc1ccc(C(C)O)cc1. The number of aliphatic hydroxyl groups excluding tert-OH is 1. The monoisotopic (exact) mass is 281 g/mol. The second-order valence-corrected chi connectivity index (χ2v) is 6.24. The van der Waals surface area contributed by atoms with Crippen molar-refractivity contribution in [3.63, 3.8) is 0 Å². The molecule has 1 aromatic rings. The van der Waals surface area contributed by atoms with Crippen LogP contribution in [0, 0.1) is 0 Å². The number of carbonyl (C=O) groups is 1. The Morgan fingerprint density at radius 1 is 1.26 bits per heavy atom.